The van der Waals surface area contributed by atoms with Crippen LogP contribution < -0.4 is 20.7 Å². The number of thiocarbonyl (C=S) groups is 1. The van der Waals surface area contributed by atoms with Gasteiger partial charge in [0.2, 0.25) is 0 Å². The maximum atomic E-state index is 12.7. The van der Waals surface area contributed by atoms with Gasteiger partial charge in [-0.25, -0.2) is 0 Å². The van der Waals surface area contributed by atoms with Crippen molar-refractivity contribution in [1.29, 1.82) is 0 Å². The van der Waals surface area contributed by atoms with E-state index in [1.165, 1.54) is 11.1 Å². The van der Waals surface area contributed by atoms with Crippen molar-refractivity contribution in [2.75, 3.05) is 17.2 Å². The Labute approximate surface area is 240 Å². The number of hydrogen-bond donors (Lipinski definition) is 3. The molecule has 4 aromatic carbocycles. The summed E-state index contributed by atoms with van der Waals surface area (Å²) in [6, 6.07) is 31.8. The van der Waals surface area contributed by atoms with Crippen molar-refractivity contribution in [3.63, 3.8) is 0 Å². The van der Waals surface area contributed by atoms with Crippen molar-refractivity contribution in [2.24, 2.45) is 0 Å². The Morgan fingerprint density at radius 3 is 2.02 bits per heavy atom. The summed E-state index contributed by atoms with van der Waals surface area (Å²) in [6.07, 6.45) is 0.776. The molecule has 0 atom stereocenters. The average molecular weight is 552 g/mol. The number of rotatable bonds is 8. The maximum absolute atomic E-state index is 12.7. The Bertz CT molecular complexity index is 1460. The van der Waals surface area contributed by atoms with Crippen LogP contribution in [0.15, 0.2) is 103 Å². The van der Waals surface area contributed by atoms with E-state index in [4.69, 9.17) is 17.0 Å². The van der Waals surface area contributed by atoms with E-state index in [0.717, 1.165) is 6.42 Å². The van der Waals surface area contributed by atoms with Crippen LogP contribution in [0.4, 0.5) is 11.4 Å². The van der Waals surface area contributed by atoms with Gasteiger partial charge in [-0.15, -0.1) is 0 Å². The van der Waals surface area contributed by atoms with Crippen molar-refractivity contribution < 1.29 is 14.3 Å². The van der Waals surface area contributed by atoms with E-state index in [-0.39, 0.29) is 22.3 Å². The topological polar surface area (TPSA) is 79.5 Å². The molecule has 2 amide bonds. The van der Waals surface area contributed by atoms with Gasteiger partial charge in [0.25, 0.3) is 11.8 Å². The third-order valence-corrected chi connectivity index (χ3v) is 6.44. The second-order valence-electron chi connectivity index (χ2n) is 10.4. The third kappa shape index (κ3) is 8.25. The number of amides is 2. The lowest BCUT2D eigenvalue weighted by Crippen LogP contribution is -2.34. The fourth-order valence-corrected chi connectivity index (χ4v) is 4.17. The van der Waals surface area contributed by atoms with Crippen molar-refractivity contribution in [1.82, 2.24) is 5.32 Å². The molecule has 3 N–H and O–H groups in total. The number of benzene rings is 4. The summed E-state index contributed by atoms with van der Waals surface area (Å²) in [5.41, 5.74) is 4.74. The molecule has 0 saturated heterocycles. The second-order valence-corrected chi connectivity index (χ2v) is 10.8. The van der Waals surface area contributed by atoms with Gasteiger partial charge in [0.15, 0.2) is 5.11 Å². The molecule has 0 heterocycles. The molecule has 0 radical (unpaired) electrons. The van der Waals surface area contributed by atoms with Gasteiger partial charge in [0.05, 0.1) is 6.61 Å². The molecule has 0 saturated carbocycles. The quantitative estimate of drug-likeness (QED) is 0.206. The number of nitrogens with one attached hydrogen (secondary N) is 3. The molecule has 0 unspecified atom stereocenters. The minimum Gasteiger partial charge on any atom is -0.493 e. The summed E-state index contributed by atoms with van der Waals surface area (Å²) in [7, 11) is 0. The van der Waals surface area contributed by atoms with Crippen LogP contribution in [-0.4, -0.2) is 23.5 Å². The Hall–Kier alpha value is -4.49. The lowest BCUT2D eigenvalue weighted by atomic mass is 9.87. The molecular formula is C33H33N3O3S. The molecule has 0 aliphatic carbocycles. The van der Waals surface area contributed by atoms with E-state index in [1.54, 1.807) is 42.5 Å². The van der Waals surface area contributed by atoms with Crippen LogP contribution in [0.5, 0.6) is 5.75 Å². The van der Waals surface area contributed by atoms with Crippen molar-refractivity contribution in [2.45, 2.75) is 32.6 Å². The summed E-state index contributed by atoms with van der Waals surface area (Å²) in [5, 5.41) is 8.75. The lowest BCUT2D eigenvalue weighted by molar-refractivity contribution is 0.0976. The number of carbonyl (C=O) groups excluding carboxylic acids is 2. The Morgan fingerprint density at radius 1 is 0.725 bits per heavy atom. The van der Waals surface area contributed by atoms with E-state index in [1.807, 2.05) is 48.5 Å². The first-order valence-corrected chi connectivity index (χ1v) is 13.5. The van der Waals surface area contributed by atoms with Crippen LogP contribution in [-0.2, 0) is 11.8 Å². The van der Waals surface area contributed by atoms with Gasteiger partial charge in [-0.05, 0) is 83.4 Å². The smallest absolute Gasteiger partial charge is 0.257 e. The predicted octanol–water partition coefficient (Wildman–Crippen LogP) is 6.98. The highest BCUT2D eigenvalue weighted by atomic mass is 32.1. The summed E-state index contributed by atoms with van der Waals surface area (Å²) in [5.74, 6) is 0.0906. The molecule has 4 rings (SSSR count). The number of carbonyl (C=O) groups is 2. The average Bonchev–Trinajstić information content (AvgIpc) is 2.94. The fraction of sp³-hybridized carbons (Fsp3) is 0.182. The predicted molar refractivity (Wildman–Crippen MR) is 165 cm³/mol. The molecule has 6 nitrogen and oxygen atoms in total. The Kier molecular flexibility index (Phi) is 9.30. The van der Waals surface area contributed by atoms with Crippen molar-refractivity contribution in [3.05, 3.63) is 125 Å². The van der Waals surface area contributed by atoms with Crippen molar-refractivity contribution >= 4 is 40.5 Å². The van der Waals surface area contributed by atoms with Crippen LogP contribution in [0.1, 0.15) is 52.6 Å². The molecule has 0 aliphatic heterocycles. The van der Waals surface area contributed by atoms with E-state index >= 15 is 0 Å². The van der Waals surface area contributed by atoms with Crippen LogP contribution >= 0.6 is 12.2 Å². The normalized spacial score (nSPS) is 10.9. The molecular weight excluding hydrogens is 518 g/mol. The number of hydrogen-bond acceptors (Lipinski definition) is 4. The van der Waals surface area contributed by atoms with Crippen molar-refractivity contribution in [3.8, 4) is 5.75 Å². The highest BCUT2D eigenvalue weighted by molar-refractivity contribution is 7.80. The standard InChI is InChI=1S/C33H33N3O3S/c1-33(2,3)26-14-12-24(13-15-26)30(37)34-27-16-18-28(19-17-27)35-32(40)36-31(38)25-10-7-11-29(22-25)39-21-20-23-8-5-4-6-9-23/h4-19,22H,20-21H2,1-3H3,(H,34,37)(H2,35,36,38,40). The molecule has 0 spiro atoms. The summed E-state index contributed by atoms with van der Waals surface area (Å²) < 4.78 is 5.83. The third-order valence-electron chi connectivity index (χ3n) is 6.24. The van der Waals surface area contributed by atoms with E-state index in [2.05, 4.69) is 48.9 Å². The molecule has 7 heteroatoms. The molecule has 0 aromatic heterocycles. The molecule has 40 heavy (non-hydrogen) atoms. The van der Waals surface area contributed by atoms with Gasteiger partial charge in [-0.2, -0.15) is 0 Å². The van der Waals surface area contributed by atoms with Gasteiger partial charge in [0, 0.05) is 28.9 Å². The summed E-state index contributed by atoms with van der Waals surface area (Å²) >= 11 is 5.33. The minimum atomic E-state index is -0.340. The molecule has 0 bridgehead atoms. The van der Waals surface area contributed by atoms with E-state index in [9.17, 15) is 9.59 Å². The SMILES string of the molecule is CC(C)(C)c1ccc(C(=O)Nc2ccc(NC(=S)NC(=O)c3cccc(OCCc4ccccc4)c3)cc2)cc1. The van der Waals surface area contributed by atoms with Crippen LogP contribution in [0.3, 0.4) is 0 Å². The van der Waals surface area contributed by atoms with Gasteiger partial charge < -0.3 is 15.4 Å². The van der Waals surface area contributed by atoms with Crippen LogP contribution in [0.25, 0.3) is 0 Å². The number of anilines is 2. The first kappa shape index (κ1) is 28.5. The first-order chi connectivity index (χ1) is 19.2. The Balaban J connectivity index is 1.26. The van der Waals surface area contributed by atoms with E-state index in [0.29, 0.717) is 34.9 Å². The zero-order valence-corrected chi connectivity index (χ0v) is 23.7. The van der Waals surface area contributed by atoms with Crippen LogP contribution in [0.2, 0.25) is 0 Å². The lowest BCUT2D eigenvalue weighted by Gasteiger charge is -2.19. The zero-order chi connectivity index (χ0) is 28.5. The molecule has 4 aromatic rings. The maximum Gasteiger partial charge on any atom is 0.257 e. The number of ether oxygens (including phenoxy) is 1. The van der Waals surface area contributed by atoms with Gasteiger partial charge >= 0.3 is 0 Å². The monoisotopic (exact) mass is 551 g/mol. The zero-order valence-electron chi connectivity index (χ0n) is 22.9. The largest absolute Gasteiger partial charge is 0.493 e. The van der Waals surface area contributed by atoms with Gasteiger partial charge in [-0.1, -0.05) is 69.3 Å². The van der Waals surface area contributed by atoms with E-state index < -0.39 is 0 Å². The summed E-state index contributed by atoms with van der Waals surface area (Å²) in [6.45, 7) is 6.91. The minimum absolute atomic E-state index is 0.0268. The Morgan fingerprint density at radius 2 is 1.38 bits per heavy atom. The van der Waals surface area contributed by atoms with Crippen LogP contribution in [0, 0.1) is 0 Å². The highest BCUT2D eigenvalue weighted by Gasteiger charge is 2.14. The highest BCUT2D eigenvalue weighted by Crippen LogP contribution is 2.23. The molecule has 0 fully saturated rings. The van der Waals surface area contributed by atoms with Gasteiger partial charge in [0.1, 0.15) is 5.75 Å². The van der Waals surface area contributed by atoms with Gasteiger partial charge in [-0.3, -0.25) is 14.9 Å². The fourth-order valence-electron chi connectivity index (χ4n) is 3.96. The molecule has 204 valence electrons. The second kappa shape index (κ2) is 13.0. The molecule has 0 aliphatic rings. The first-order valence-electron chi connectivity index (χ1n) is 13.1. The summed E-state index contributed by atoms with van der Waals surface area (Å²) in [4.78, 5) is 25.4.